The molecule has 134 valence electrons. The minimum absolute atomic E-state index is 0.536. The Morgan fingerprint density at radius 1 is 0.808 bits per heavy atom. The van der Waals surface area contributed by atoms with Crippen LogP contribution in [0.1, 0.15) is 0 Å². The smallest absolute Gasteiger partial charge is 0.142 e. The Morgan fingerprint density at radius 2 is 1.50 bits per heavy atom. The molecule has 2 aromatic carbocycles. The molecule has 0 unspecified atom stereocenters. The zero-order chi connectivity index (χ0) is 18.5. The third kappa shape index (κ3) is 4.47. The standard InChI is InChI=1S/C18H16Cl2N4O2/c1-25-14-3-4-16(26-2)15(8-14)24-18-9-17(21-10-22-18)23-13-6-11(19)5-12(20)7-13/h3-10H,1-2H3,(H2,21,22,23,24). The van der Waals surface area contributed by atoms with E-state index in [0.717, 1.165) is 11.4 Å². The van der Waals surface area contributed by atoms with Crippen LogP contribution < -0.4 is 20.1 Å². The monoisotopic (exact) mass is 390 g/mol. The van der Waals surface area contributed by atoms with E-state index >= 15 is 0 Å². The molecule has 0 aliphatic carbocycles. The molecule has 0 spiro atoms. The van der Waals surface area contributed by atoms with Crippen LogP contribution in [0.25, 0.3) is 0 Å². The second-order valence-corrected chi connectivity index (χ2v) is 6.14. The van der Waals surface area contributed by atoms with Crippen molar-refractivity contribution in [3.8, 4) is 11.5 Å². The summed E-state index contributed by atoms with van der Waals surface area (Å²) in [6.07, 6.45) is 1.45. The van der Waals surface area contributed by atoms with Crippen molar-refractivity contribution in [1.29, 1.82) is 0 Å². The molecule has 0 radical (unpaired) electrons. The lowest BCUT2D eigenvalue weighted by atomic mass is 10.2. The largest absolute Gasteiger partial charge is 0.497 e. The van der Waals surface area contributed by atoms with Crippen LogP contribution in [0.4, 0.5) is 23.0 Å². The maximum Gasteiger partial charge on any atom is 0.142 e. The fourth-order valence-corrected chi connectivity index (χ4v) is 2.84. The second kappa shape index (κ2) is 8.12. The molecular formula is C18H16Cl2N4O2. The summed E-state index contributed by atoms with van der Waals surface area (Å²) < 4.78 is 10.6. The Hall–Kier alpha value is -2.70. The highest BCUT2D eigenvalue weighted by Crippen LogP contribution is 2.31. The molecule has 3 aromatic rings. The number of hydrogen-bond acceptors (Lipinski definition) is 6. The molecule has 8 heteroatoms. The van der Waals surface area contributed by atoms with Crippen molar-refractivity contribution in [2.24, 2.45) is 0 Å². The first-order chi connectivity index (χ1) is 12.6. The van der Waals surface area contributed by atoms with Crippen LogP contribution in [0, 0.1) is 0 Å². The van der Waals surface area contributed by atoms with Crippen molar-refractivity contribution >= 4 is 46.2 Å². The van der Waals surface area contributed by atoms with Gasteiger partial charge in [0, 0.05) is 27.9 Å². The molecule has 2 N–H and O–H groups in total. The van der Waals surface area contributed by atoms with E-state index in [0.29, 0.717) is 33.2 Å². The molecule has 0 saturated heterocycles. The molecule has 6 nitrogen and oxygen atoms in total. The van der Waals surface area contributed by atoms with Crippen LogP contribution in [0.3, 0.4) is 0 Å². The molecule has 0 aliphatic heterocycles. The highest BCUT2D eigenvalue weighted by molar-refractivity contribution is 6.35. The third-order valence-corrected chi connectivity index (χ3v) is 3.91. The van der Waals surface area contributed by atoms with Gasteiger partial charge in [-0.25, -0.2) is 9.97 Å². The summed E-state index contributed by atoms with van der Waals surface area (Å²) in [4.78, 5) is 8.44. The molecule has 0 saturated carbocycles. The molecule has 26 heavy (non-hydrogen) atoms. The maximum atomic E-state index is 6.02. The topological polar surface area (TPSA) is 68.3 Å². The number of methoxy groups -OCH3 is 2. The maximum absolute atomic E-state index is 6.02. The molecule has 0 bridgehead atoms. The van der Waals surface area contributed by atoms with E-state index in [2.05, 4.69) is 20.6 Å². The summed E-state index contributed by atoms with van der Waals surface area (Å²) in [5.41, 5.74) is 1.45. The number of halogens is 2. The highest BCUT2D eigenvalue weighted by atomic mass is 35.5. The molecule has 0 amide bonds. The Balaban J connectivity index is 1.83. The van der Waals surface area contributed by atoms with Gasteiger partial charge < -0.3 is 20.1 Å². The lowest BCUT2D eigenvalue weighted by Crippen LogP contribution is -2.00. The van der Waals surface area contributed by atoms with Gasteiger partial charge in [-0.2, -0.15) is 0 Å². The van der Waals surface area contributed by atoms with Gasteiger partial charge >= 0.3 is 0 Å². The molecule has 0 aliphatic rings. The predicted octanol–water partition coefficient (Wildman–Crippen LogP) is 5.29. The molecule has 0 fully saturated rings. The molecule has 3 rings (SSSR count). The van der Waals surface area contributed by atoms with Crippen LogP contribution >= 0.6 is 23.2 Å². The van der Waals surface area contributed by atoms with Gasteiger partial charge in [-0.15, -0.1) is 0 Å². The summed E-state index contributed by atoms with van der Waals surface area (Å²) in [5.74, 6) is 2.54. The Kier molecular flexibility index (Phi) is 5.65. The van der Waals surface area contributed by atoms with Gasteiger partial charge in [-0.1, -0.05) is 23.2 Å². The first-order valence-corrected chi connectivity index (χ1v) is 8.37. The van der Waals surface area contributed by atoms with Gasteiger partial charge in [0.15, 0.2) is 0 Å². The van der Waals surface area contributed by atoms with Crippen LogP contribution in [-0.2, 0) is 0 Å². The van der Waals surface area contributed by atoms with E-state index < -0.39 is 0 Å². The lowest BCUT2D eigenvalue weighted by molar-refractivity contribution is 0.405. The van der Waals surface area contributed by atoms with E-state index in [1.54, 1.807) is 38.5 Å². The minimum atomic E-state index is 0.536. The Morgan fingerprint density at radius 3 is 2.15 bits per heavy atom. The van der Waals surface area contributed by atoms with Crippen molar-refractivity contribution in [3.05, 3.63) is 58.8 Å². The number of anilines is 4. The fourth-order valence-electron chi connectivity index (χ4n) is 2.32. The predicted molar refractivity (Wildman–Crippen MR) is 105 cm³/mol. The number of hydrogen-bond donors (Lipinski definition) is 2. The molecule has 1 aromatic heterocycles. The molecule has 0 atom stereocenters. The summed E-state index contributed by atoms with van der Waals surface area (Å²) >= 11 is 12.0. The number of nitrogens with zero attached hydrogens (tertiary/aromatic N) is 2. The summed E-state index contributed by atoms with van der Waals surface area (Å²) in [6, 6.07) is 12.4. The lowest BCUT2D eigenvalue weighted by Gasteiger charge is -2.13. The quantitative estimate of drug-likeness (QED) is 0.595. The van der Waals surface area contributed by atoms with E-state index in [1.165, 1.54) is 6.33 Å². The van der Waals surface area contributed by atoms with Gasteiger partial charge in [0.1, 0.15) is 29.5 Å². The highest BCUT2D eigenvalue weighted by Gasteiger charge is 2.08. The number of aromatic nitrogens is 2. The van der Waals surface area contributed by atoms with E-state index in [-0.39, 0.29) is 0 Å². The number of nitrogens with one attached hydrogen (secondary N) is 2. The Labute approximate surface area is 161 Å². The van der Waals surface area contributed by atoms with Gasteiger partial charge in [-0.05, 0) is 30.3 Å². The van der Waals surface area contributed by atoms with E-state index in [9.17, 15) is 0 Å². The zero-order valence-corrected chi connectivity index (χ0v) is 15.6. The van der Waals surface area contributed by atoms with Crippen LogP contribution in [-0.4, -0.2) is 24.2 Å². The van der Waals surface area contributed by atoms with Crippen molar-refractivity contribution in [2.75, 3.05) is 24.9 Å². The average Bonchev–Trinajstić information content (AvgIpc) is 2.61. The second-order valence-electron chi connectivity index (χ2n) is 5.26. The number of benzene rings is 2. The summed E-state index contributed by atoms with van der Waals surface area (Å²) in [7, 11) is 3.21. The molecule has 1 heterocycles. The first-order valence-electron chi connectivity index (χ1n) is 7.61. The average molecular weight is 391 g/mol. The van der Waals surface area contributed by atoms with Gasteiger partial charge in [0.25, 0.3) is 0 Å². The minimum Gasteiger partial charge on any atom is -0.497 e. The van der Waals surface area contributed by atoms with Gasteiger partial charge in [-0.3, -0.25) is 0 Å². The SMILES string of the molecule is COc1ccc(OC)c(Nc2cc(Nc3cc(Cl)cc(Cl)c3)ncn2)c1. The summed E-state index contributed by atoms with van der Waals surface area (Å²) in [6.45, 7) is 0. The van der Waals surface area contributed by atoms with E-state index in [1.807, 2.05) is 18.2 Å². The van der Waals surface area contributed by atoms with Crippen molar-refractivity contribution < 1.29 is 9.47 Å². The fraction of sp³-hybridized carbons (Fsp3) is 0.111. The van der Waals surface area contributed by atoms with Crippen LogP contribution in [0.5, 0.6) is 11.5 Å². The third-order valence-electron chi connectivity index (χ3n) is 3.47. The zero-order valence-electron chi connectivity index (χ0n) is 14.1. The van der Waals surface area contributed by atoms with Crippen LogP contribution in [0.2, 0.25) is 10.0 Å². The van der Waals surface area contributed by atoms with Crippen molar-refractivity contribution in [2.45, 2.75) is 0 Å². The molecular weight excluding hydrogens is 375 g/mol. The summed E-state index contributed by atoms with van der Waals surface area (Å²) in [5, 5.41) is 7.42. The van der Waals surface area contributed by atoms with Crippen LogP contribution in [0.15, 0.2) is 48.8 Å². The number of ether oxygens (including phenoxy) is 2. The van der Waals surface area contributed by atoms with E-state index in [4.69, 9.17) is 32.7 Å². The van der Waals surface area contributed by atoms with Gasteiger partial charge in [0.2, 0.25) is 0 Å². The first kappa shape index (κ1) is 18.1. The van der Waals surface area contributed by atoms with Gasteiger partial charge in [0.05, 0.1) is 19.9 Å². The van der Waals surface area contributed by atoms with Crippen molar-refractivity contribution in [3.63, 3.8) is 0 Å². The van der Waals surface area contributed by atoms with Crippen molar-refractivity contribution in [1.82, 2.24) is 9.97 Å². The number of rotatable bonds is 6. The normalized spacial score (nSPS) is 10.3. The Bertz CT molecular complexity index is 901.